The maximum atomic E-state index is 12.8. The fourth-order valence-electron chi connectivity index (χ4n) is 2.61. The number of carbonyl (C=O) groups is 1. The zero-order valence-electron chi connectivity index (χ0n) is 14.8. The van der Waals surface area contributed by atoms with E-state index < -0.39 is 0 Å². The van der Waals surface area contributed by atoms with E-state index in [0.29, 0.717) is 38.2 Å². The van der Waals surface area contributed by atoms with Crippen molar-refractivity contribution >= 4 is 63.5 Å². The smallest absolute Gasteiger partial charge is 0.266 e. The van der Waals surface area contributed by atoms with Crippen LogP contribution in [0.2, 0.25) is 10.0 Å². The van der Waals surface area contributed by atoms with E-state index in [4.69, 9.17) is 40.2 Å². The van der Waals surface area contributed by atoms with Gasteiger partial charge in [0, 0.05) is 0 Å². The van der Waals surface area contributed by atoms with E-state index in [-0.39, 0.29) is 5.91 Å². The van der Waals surface area contributed by atoms with Crippen molar-refractivity contribution in [1.82, 2.24) is 4.90 Å². The maximum absolute atomic E-state index is 12.8. The molecule has 0 N–H and O–H groups in total. The normalized spacial score (nSPS) is 15.7. The second kappa shape index (κ2) is 8.65. The third-order valence-corrected chi connectivity index (χ3v) is 5.88. The molecule has 0 aliphatic carbocycles. The molecule has 1 aliphatic rings. The van der Waals surface area contributed by atoms with E-state index >= 15 is 0 Å². The zero-order valence-corrected chi connectivity index (χ0v) is 17.9. The summed E-state index contributed by atoms with van der Waals surface area (Å²) in [5, 5.41) is 0.816. The lowest BCUT2D eigenvalue weighted by atomic mass is 10.1. The minimum absolute atomic E-state index is 0.119. The molecule has 140 valence electrons. The Labute approximate surface area is 178 Å². The second-order valence-corrected chi connectivity index (χ2v) is 8.49. The molecule has 0 atom stereocenters. The van der Waals surface area contributed by atoms with Crippen molar-refractivity contribution in [3.05, 3.63) is 68.0 Å². The summed E-state index contributed by atoms with van der Waals surface area (Å²) in [6.45, 7) is 4.81. The minimum Gasteiger partial charge on any atom is -0.491 e. The average Bonchev–Trinajstić information content (AvgIpc) is 2.87. The van der Waals surface area contributed by atoms with Gasteiger partial charge in [-0.3, -0.25) is 9.69 Å². The first-order chi connectivity index (χ1) is 12.9. The van der Waals surface area contributed by atoms with Crippen LogP contribution in [0.3, 0.4) is 0 Å². The van der Waals surface area contributed by atoms with Crippen LogP contribution in [0.15, 0.2) is 41.3 Å². The summed E-state index contributed by atoms with van der Waals surface area (Å²) in [5.41, 5.74) is 2.93. The first-order valence-corrected chi connectivity index (χ1v) is 10.3. The molecule has 27 heavy (non-hydrogen) atoms. The summed E-state index contributed by atoms with van der Waals surface area (Å²) in [4.78, 5) is 14.9. The Hall–Kier alpha value is -1.53. The molecule has 1 aliphatic heterocycles. The van der Waals surface area contributed by atoms with Crippen LogP contribution in [0.5, 0.6) is 5.75 Å². The van der Waals surface area contributed by atoms with Gasteiger partial charge in [0.25, 0.3) is 5.91 Å². The number of amides is 1. The SMILES string of the molecule is CCOc1c(Cl)cc(/C=C2\SC(=S)N(Cc3ccc(C)cc3)C2=O)cc1Cl. The molecular formula is C20H17Cl2NO2S2. The highest BCUT2D eigenvalue weighted by Crippen LogP contribution is 2.37. The van der Waals surface area contributed by atoms with Gasteiger partial charge in [0.05, 0.1) is 28.1 Å². The van der Waals surface area contributed by atoms with Gasteiger partial charge in [-0.15, -0.1) is 0 Å². The Morgan fingerprint density at radius 2 is 1.81 bits per heavy atom. The number of rotatable bonds is 5. The van der Waals surface area contributed by atoms with Crippen LogP contribution in [-0.2, 0) is 11.3 Å². The predicted molar refractivity (Wildman–Crippen MR) is 118 cm³/mol. The van der Waals surface area contributed by atoms with Crippen LogP contribution < -0.4 is 4.74 Å². The fraction of sp³-hybridized carbons (Fsp3) is 0.200. The lowest BCUT2D eigenvalue weighted by molar-refractivity contribution is -0.122. The van der Waals surface area contributed by atoms with E-state index in [1.807, 2.05) is 38.1 Å². The van der Waals surface area contributed by atoms with E-state index in [0.717, 1.165) is 11.1 Å². The summed E-state index contributed by atoms with van der Waals surface area (Å²) in [5.74, 6) is 0.330. The predicted octanol–water partition coefficient (Wildman–Crippen LogP) is 6.10. The molecule has 3 rings (SSSR count). The number of benzene rings is 2. The van der Waals surface area contributed by atoms with E-state index in [9.17, 15) is 4.79 Å². The van der Waals surface area contributed by atoms with Crippen LogP contribution in [-0.4, -0.2) is 21.7 Å². The van der Waals surface area contributed by atoms with Crippen LogP contribution in [0.25, 0.3) is 6.08 Å². The Balaban J connectivity index is 1.82. The molecule has 0 bridgehead atoms. The zero-order chi connectivity index (χ0) is 19.6. The molecule has 7 heteroatoms. The summed E-state index contributed by atoms with van der Waals surface area (Å²) in [7, 11) is 0. The quantitative estimate of drug-likeness (QED) is 0.417. The Bertz CT molecular complexity index is 903. The molecule has 3 nitrogen and oxygen atoms in total. The average molecular weight is 438 g/mol. The third kappa shape index (κ3) is 4.66. The van der Waals surface area contributed by atoms with Gasteiger partial charge in [-0.25, -0.2) is 0 Å². The van der Waals surface area contributed by atoms with Crippen molar-refractivity contribution in [2.24, 2.45) is 0 Å². The van der Waals surface area contributed by atoms with Crippen molar-refractivity contribution in [2.45, 2.75) is 20.4 Å². The molecule has 0 saturated carbocycles. The number of thiocarbonyl (C=S) groups is 1. The summed E-state index contributed by atoms with van der Waals surface area (Å²) in [6, 6.07) is 11.5. The number of ether oxygens (including phenoxy) is 1. The van der Waals surface area contributed by atoms with E-state index in [2.05, 4.69) is 0 Å². The number of halogens is 2. The van der Waals surface area contributed by atoms with Crippen molar-refractivity contribution in [3.8, 4) is 5.75 Å². The lowest BCUT2D eigenvalue weighted by Gasteiger charge is -2.14. The Morgan fingerprint density at radius 1 is 1.19 bits per heavy atom. The van der Waals surface area contributed by atoms with E-state index in [1.165, 1.54) is 17.3 Å². The highest BCUT2D eigenvalue weighted by Gasteiger charge is 2.32. The summed E-state index contributed by atoms with van der Waals surface area (Å²) in [6.07, 6.45) is 1.75. The van der Waals surface area contributed by atoms with Gasteiger partial charge >= 0.3 is 0 Å². The molecule has 2 aromatic carbocycles. The standard InChI is InChI=1S/C20H17Cl2NO2S2/c1-3-25-18-15(21)8-14(9-16(18)22)10-17-19(24)23(20(26)27-17)11-13-6-4-12(2)5-7-13/h4-10H,3,11H2,1-2H3/b17-10-. The number of carbonyl (C=O) groups excluding carboxylic acids is 1. The Morgan fingerprint density at radius 3 is 2.41 bits per heavy atom. The number of nitrogens with zero attached hydrogens (tertiary/aromatic N) is 1. The van der Waals surface area contributed by atoms with Crippen LogP contribution in [0.4, 0.5) is 0 Å². The third-order valence-electron chi connectivity index (χ3n) is 3.94. The first kappa shape index (κ1) is 20.2. The van der Waals surface area contributed by atoms with Gasteiger partial charge in [0.15, 0.2) is 5.75 Å². The molecule has 0 aromatic heterocycles. The number of aryl methyl sites for hydroxylation is 1. The largest absolute Gasteiger partial charge is 0.491 e. The highest BCUT2D eigenvalue weighted by molar-refractivity contribution is 8.26. The molecule has 1 fully saturated rings. The topological polar surface area (TPSA) is 29.5 Å². The number of thioether (sulfide) groups is 1. The first-order valence-electron chi connectivity index (χ1n) is 8.31. The molecule has 0 radical (unpaired) electrons. The monoisotopic (exact) mass is 437 g/mol. The molecule has 1 amide bonds. The van der Waals surface area contributed by atoms with Gasteiger partial charge in [0.1, 0.15) is 4.32 Å². The van der Waals surface area contributed by atoms with Crippen LogP contribution in [0, 0.1) is 6.92 Å². The van der Waals surface area contributed by atoms with Gasteiger partial charge in [-0.1, -0.05) is 77.0 Å². The molecule has 0 unspecified atom stereocenters. The number of hydrogen-bond acceptors (Lipinski definition) is 4. The molecule has 2 aromatic rings. The van der Waals surface area contributed by atoms with Gasteiger partial charge < -0.3 is 4.74 Å². The fourth-order valence-corrected chi connectivity index (χ4v) is 4.48. The van der Waals surface area contributed by atoms with Gasteiger partial charge in [0.2, 0.25) is 0 Å². The molecule has 1 heterocycles. The number of hydrogen-bond donors (Lipinski definition) is 0. The van der Waals surface area contributed by atoms with Crippen LogP contribution in [0.1, 0.15) is 23.6 Å². The van der Waals surface area contributed by atoms with Crippen LogP contribution >= 0.6 is 47.2 Å². The van der Waals surface area contributed by atoms with Crippen molar-refractivity contribution in [3.63, 3.8) is 0 Å². The Kier molecular flexibility index (Phi) is 6.48. The highest BCUT2D eigenvalue weighted by atomic mass is 35.5. The molecular weight excluding hydrogens is 421 g/mol. The second-order valence-electron chi connectivity index (χ2n) is 6.00. The van der Waals surface area contributed by atoms with Crippen molar-refractivity contribution < 1.29 is 9.53 Å². The summed E-state index contributed by atoms with van der Waals surface area (Å²) < 4.78 is 5.97. The van der Waals surface area contributed by atoms with Gasteiger partial charge in [-0.2, -0.15) is 0 Å². The minimum atomic E-state index is -0.119. The van der Waals surface area contributed by atoms with Crippen molar-refractivity contribution in [1.29, 1.82) is 0 Å². The molecule has 0 spiro atoms. The maximum Gasteiger partial charge on any atom is 0.266 e. The molecule has 1 saturated heterocycles. The lowest BCUT2D eigenvalue weighted by Crippen LogP contribution is -2.27. The van der Waals surface area contributed by atoms with E-state index in [1.54, 1.807) is 23.1 Å². The van der Waals surface area contributed by atoms with Crippen molar-refractivity contribution in [2.75, 3.05) is 6.61 Å². The summed E-state index contributed by atoms with van der Waals surface area (Å²) >= 11 is 19.2. The van der Waals surface area contributed by atoms with Gasteiger partial charge in [-0.05, 0) is 43.2 Å².